The summed E-state index contributed by atoms with van der Waals surface area (Å²) in [5.41, 5.74) is 0.421. The van der Waals surface area contributed by atoms with E-state index in [0.717, 1.165) is 32.1 Å². The van der Waals surface area contributed by atoms with Crippen molar-refractivity contribution in [2.45, 2.75) is 116 Å². The summed E-state index contributed by atoms with van der Waals surface area (Å²) in [7, 11) is 0. The lowest BCUT2D eigenvalue weighted by atomic mass is 10.1. The number of nitrogens with zero attached hydrogens (tertiary/aromatic N) is 1. The van der Waals surface area contributed by atoms with E-state index in [0.29, 0.717) is 17.0 Å². The minimum Gasteiger partial charge on any atom is -0.445 e. The Morgan fingerprint density at radius 2 is 1.35 bits per heavy atom. The highest BCUT2D eigenvalue weighted by Gasteiger charge is 2.36. The Balaban J connectivity index is 1.62. The van der Waals surface area contributed by atoms with Crippen LogP contribution in [0.25, 0.3) is 0 Å². The number of esters is 1. The first-order valence-electron chi connectivity index (χ1n) is 14.0. The van der Waals surface area contributed by atoms with Crippen molar-refractivity contribution in [1.29, 1.82) is 0 Å². The molecule has 0 aromatic heterocycles. The molecular weight excluding hydrogens is 470 g/mol. The van der Waals surface area contributed by atoms with Gasteiger partial charge in [0.05, 0.1) is 0 Å². The number of hydrogen-bond acceptors (Lipinski definition) is 6. The van der Waals surface area contributed by atoms with E-state index in [4.69, 9.17) is 9.57 Å². The van der Waals surface area contributed by atoms with Gasteiger partial charge in [-0.2, -0.15) is 0 Å². The highest BCUT2D eigenvalue weighted by Crippen LogP contribution is 2.23. The minimum atomic E-state index is -1.34. The monoisotopic (exact) mass is 513 g/mol. The molecule has 1 aliphatic rings. The minimum absolute atomic E-state index is 0.00259. The molecule has 0 spiro atoms. The highest BCUT2D eigenvalue weighted by atomic mass is 16.7. The Morgan fingerprint density at radius 3 is 1.95 bits per heavy atom. The number of hydroxylamine groups is 2. The van der Waals surface area contributed by atoms with Gasteiger partial charge in [0.2, 0.25) is 6.10 Å². The molecule has 7 heteroatoms. The second-order valence-corrected chi connectivity index (χ2v) is 9.61. The normalized spacial score (nSPS) is 14.4. The number of allylic oxidation sites excluding steroid dienone is 2. The zero-order valence-electron chi connectivity index (χ0n) is 22.3. The first-order valence-corrected chi connectivity index (χ1v) is 14.0. The van der Waals surface area contributed by atoms with Crippen LogP contribution in [0, 0.1) is 0 Å². The average Bonchev–Trinajstić information content (AvgIpc) is 3.22. The third-order valence-electron chi connectivity index (χ3n) is 6.40. The maximum Gasteiger partial charge on any atom is 0.378 e. The second-order valence-electron chi connectivity index (χ2n) is 9.61. The van der Waals surface area contributed by atoms with Crippen LogP contribution in [0.2, 0.25) is 0 Å². The van der Waals surface area contributed by atoms with Crippen molar-refractivity contribution in [2.75, 3.05) is 0 Å². The molecule has 2 rings (SSSR count). The molecule has 1 unspecified atom stereocenters. The van der Waals surface area contributed by atoms with Crippen molar-refractivity contribution < 1.29 is 28.8 Å². The fourth-order valence-corrected chi connectivity index (χ4v) is 4.21. The molecule has 1 aromatic rings. The Morgan fingerprint density at radius 1 is 0.811 bits per heavy atom. The number of rotatable bonds is 19. The third kappa shape index (κ3) is 12.2. The number of carbonyl (C=O) groups is 4. The Hall–Kier alpha value is -2.96. The summed E-state index contributed by atoms with van der Waals surface area (Å²) in [4.78, 5) is 53.7. The van der Waals surface area contributed by atoms with E-state index in [2.05, 4.69) is 19.1 Å². The number of hydrogen-bond donors (Lipinski definition) is 0. The summed E-state index contributed by atoms with van der Waals surface area (Å²) in [5, 5.41) is 0.468. The summed E-state index contributed by atoms with van der Waals surface area (Å²) in [5.74, 6) is -2.63. The molecule has 37 heavy (non-hydrogen) atoms. The molecule has 7 nitrogen and oxygen atoms in total. The van der Waals surface area contributed by atoms with Gasteiger partial charge in [-0.25, -0.2) is 4.79 Å². The van der Waals surface area contributed by atoms with Gasteiger partial charge < -0.3 is 9.57 Å². The predicted octanol–water partition coefficient (Wildman–Crippen LogP) is 6.92. The fourth-order valence-electron chi connectivity index (χ4n) is 4.21. The van der Waals surface area contributed by atoms with Gasteiger partial charge in [0.1, 0.15) is 0 Å². The zero-order valence-corrected chi connectivity index (χ0v) is 22.3. The van der Waals surface area contributed by atoms with Gasteiger partial charge >= 0.3 is 11.9 Å². The molecule has 2 amide bonds. The van der Waals surface area contributed by atoms with Gasteiger partial charge in [0.25, 0.3) is 11.8 Å². The van der Waals surface area contributed by atoms with Crippen LogP contribution in [-0.4, -0.2) is 28.8 Å². The summed E-state index contributed by atoms with van der Waals surface area (Å²) >= 11 is 0. The van der Waals surface area contributed by atoms with Gasteiger partial charge in [-0.05, 0) is 32.1 Å². The van der Waals surface area contributed by atoms with Crippen LogP contribution in [0.1, 0.15) is 121 Å². The van der Waals surface area contributed by atoms with E-state index in [-0.39, 0.29) is 19.3 Å². The molecule has 1 heterocycles. The SMILES string of the molecule is CCCCCCCCC=CCCCCCCCC(=O)OC(C(=O)ON1C(=O)CCC1=O)c1ccccc1. The van der Waals surface area contributed by atoms with Crippen molar-refractivity contribution >= 4 is 23.8 Å². The molecule has 1 fully saturated rings. The Labute approximate surface area is 221 Å². The number of benzene rings is 1. The Kier molecular flexibility index (Phi) is 15.0. The number of imide groups is 1. The summed E-state index contributed by atoms with van der Waals surface area (Å²) < 4.78 is 5.43. The molecule has 0 bridgehead atoms. The van der Waals surface area contributed by atoms with Crippen molar-refractivity contribution in [3.05, 3.63) is 48.0 Å². The maximum absolute atomic E-state index is 12.7. The molecule has 0 aliphatic carbocycles. The maximum atomic E-state index is 12.7. The summed E-state index contributed by atoms with van der Waals surface area (Å²) in [6.07, 6.45) is 18.6. The molecule has 1 aromatic carbocycles. The zero-order chi connectivity index (χ0) is 26.7. The largest absolute Gasteiger partial charge is 0.445 e. The molecule has 1 aliphatic heterocycles. The first kappa shape index (κ1) is 30.3. The molecule has 0 radical (unpaired) electrons. The quantitative estimate of drug-likeness (QED) is 0.0863. The van der Waals surface area contributed by atoms with E-state index in [1.165, 1.54) is 44.9 Å². The molecule has 0 N–H and O–H groups in total. The molecule has 1 atom stereocenters. The summed E-state index contributed by atoms with van der Waals surface area (Å²) in [6.45, 7) is 2.24. The van der Waals surface area contributed by atoms with Gasteiger partial charge in [-0.1, -0.05) is 101 Å². The highest BCUT2D eigenvalue weighted by molar-refractivity contribution is 6.01. The average molecular weight is 514 g/mol. The lowest BCUT2D eigenvalue weighted by Crippen LogP contribution is -2.35. The number of unbranched alkanes of at least 4 members (excludes halogenated alkanes) is 11. The van der Waals surface area contributed by atoms with E-state index in [1.807, 2.05) is 0 Å². The Bertz CT molecular complexity index is 850. The van der Waals surface area contributed by atoms with Crippen LogP contribution in [0.3, 0.4) is 0 Å². The van der Waals surface area contributed by atoms with Gasteiger partial charge in [0.15, 0.2) is 0 Å². The van der Waals surface area contributed by atoms with E-state index in [9.17, 15) is 19.2 Å². The number of carbonyl (C=O) groups excluding carboxylic acids is 4. The topological polar surface area (TPSA) is 90.0 Å². The first-order chi connectivity index (χ1) is 18.0. The number of ether oxygens (including phenoxy) is 1. The van der Waals surface area contributed by atoms with Crippen LogP contribution in [0.15, 0.2) is 42.5 Å². The third-order valence-corrected chi connectivity index (χ3v) is 6.40. The molecular formula is C30H43NO6. The van der Waals surface area contributed by atoms with Crippen molar-refractivity contribution in [1.82, 2.24) is 5.06 Å². The van der Waals surface area contributed by atoms with Gasteiger partial charge in [-0.3, -0.25) is 14.4 Å². The number of amides is 2. The van der Waals surface area contributed by atoms with E-state index < -0.39 is 29.9 Å². The van der Waals surface area contributed by atoms with E-state index >= 15 is 0 Å². The second kappa shape index (κ2) is 18.3. The lowest BCUT2D eigenvalue weighted by Gasteiger charge is -2.19. The lowest BCUT2D eigenvalue weighted by molar-refractivity contribution is -0.206. The molecule has 204 valence electrons. The molecule has 0 saturated carbocycles. The van der Waals surface area contributed by atoms with Crippen LogP contribution in [0.4, 0.5) is 0 Å². The van der Waals surface area contributed by atoms with Crippen LogP contribution >= 0.6 is 0 Å². The van der Waals surface area contributed by atoms with Crippen molar-refractivity contribution in [2.24, 2.45) is 0 Å². The molecule has 1 saturated heterocycles. The standard InChI is InChI=1S/C30H43NO6/c1-2-3-4-5-6-7-8-9-10-11-12-13-14-15-19-22-28(34)36-29(25-20-17-16-18-21-25)30(35)37-31-26(32)23-24-27(31)33/h9-10,16-18,20-21,29H,2-8,11-15,19,22-24H2,1H3. The van der Waals surface area contributed by atoms with E-state index in [1.54, 1.807) is 30.3 Å². The predicted molar refractivity (Wildman–Crippen MR) is 142 cm³/mol. The van der Waals surface area contributed by atoms with Gasteiger partial charge in [0, 0.05) is 24.8 Å². The van der Waals surface area contributed by atoms with Crippen LogP contribution < -0.4 is 0 Å². The summed E-state index contributed by atoms with van der Waals surface area (Å²) in [6, 6.07) is 8.45. The van der Waals surface area contributed by atoms with Gasteiger partial charge in [-0.15, -0.1) is 5.06 Å². The van der Waals surface area contributed by atoms with Crippen LogP contribution in [0.5, 0.6) is 0 Å². The van der Waals surface area contributed by atoms with Crippen LogP contribution in [-0.2, 0) is 28.8 Å². The van der Waals surface area contributed by atoms with Crippen molar-refractivity contribution in [3.63, 3.8) is 0 Å². The van der Waals surface area contributed by atoms with Crippen molar-refractivity contribution in [3.8, 4) is 0 Å². The smallest absolute Gasteiger partial charge is 0.378 e. The fraction of sp³-hybridized carbons (Fsp3) is 0.600.